The Bertz CT molecular complexity index is 392. The van der Waals surface area contributed by atoms with Crippen LogP contribution in [0, 0.1) is 0 Å². The highest BCUT2D eigenvalue weighted by Crippen LogP contribution is 2.05. The SMILES string of the molecule is CCCNC(=O)CNC(=O)c1ccc(Br)nc1. The molecule has 0 saturated heterocycles. The molecule has 2 N–H and O–H groups in total. The summed E-state index contributed by atoms with van der Waals surface area (Å²) in [6, 6.07) is 3.31. The summed E-state index contributed by atoms with van der Waals surface area (Å²) < 4.78 is 0.662. The lowest BCUT2D eigenvalue weighted by Gasteiger charge is -2.05. The average Bonchev–Trinajstić information content (AvgIpc) is 2.34. The van der Waals surface area contributed by atoms with Crippen molar-refractivity contribution in [3.8, 4) is 0 Å². The summed E-state index contributed by atoms with van der Waals surface area (Å²) in [6.45, 7) is 2.57. The molecule has 5 nitrogen and oxygen atoms in total. The Hall–Kier alpha value is -1.43. The number of nitrogens with one attached hydrogen (secondary N) is 2. The summed E-state index contributed by atoms with van der Waals surface area (Å²) in [4.78, 5) is 26.8. The van der Waals surface area contributed by atoms with Gasteiger partial charge in [0, 0.05) is 12.7 Å². The first-order valence-corrected chi connectivity index (χ1v) is 6.09. The van der Waals surface area contributed by atoms with Crippen molar-refractivity contribution >= 4 is 27.7 Å². The van der Waals surface area contributed by atoms with E-state index in [4.69, 9.17) is 0 Å². The highest BCUT2D eigenvalue weighted by Gasteiger charge is 2.07. The van der Waals surface area contributed by atoms with Gasteiger partial charge >= 0.3 is 0 Å². The molecule has 92 valence electrons. The highest BCUT2D eigenvalue weighted by molar-refractivity contribution is 9.10. The van der Waals surface area contributed by atoms with E-state index in [9.17, 15) is 9.59 Å². The van der Waals surface area contributed by atoms with Gasteiger partial charge in [0.1, 0.15) is 4.60 Å². The van der Waals surface area contributed by atoms with E-state index in [1.807, 2.05) is 6.92 Å². The molecule has 17 heavy (non-hydrogen) atoms. The standard InChI is InChI=1S/C11H14BrN3O2/c1-2-5-13-10(16)7-15-11(17)8-3-4-9(12)14-6-8/h3-4,6H,2,5,7H2,1H3,(H,13,16)(H,15,17). The Morgan fingerprint density at radius 2 is 2.12 bits per heavy atom. The average molecular weight is 300 g/mol. The summed E-state index contributed by atoms with van der Waals surface area (Å²) in [5.74, 6) is -0.498. The maximum Gasteiger partial charge on any atom is 0.253 e. The first kappa shape index (κ1) is 13.6. The zero-order valence-corrected chi connectivity index (χ0v) is 11.1. The topological polar surface area (TPSA) is 71.1 Å². The lowest BCUT2D eigenvalue weighted by molar-refractivity contribution is -0.120. The fourth-order valence-electron chi connectivity index (χ4n) is 1.10. The van der Waals surface area contributed by atoms with Gasteiger partial charge in [-0.3, -0.25) is 9.59 Å². The van der Waals surface area contributed by atoms with Crippen molar-refractivity contribution in [2.75, 3.05) is 13.1 Å². The van der Waals surface area contributed by atoms with Crippen LogP contribution in [-0.4, -0.2) is 29.9 Å². The first-order chi connectivity index (χ1) is 8.13. The normalized spacial score (nSPS) is 9.76. The van der Waals surface area contributed by atoms with Crippen molar-refractivity contribution in [1.29, 1.82) is 0 Å². The van der Waals surface area contributed by atoms with Crippen LogP contribution >= 0.6 is 15.9 Å². The van der Waals surface area contributed by atoms with Gasteiger partial charge in [0.15, 0.2) is 0 Å². The van der Waals surface area contributed by atoms with E-state index in [0.717, 1.165) is 6.42 Å². The molecule has 0 bridgehead atoms. The summed E-state index contributed by atoms with van der Waals surface area (Å²) in [6.07, 6.45) is 2.32. The highest BCUT2D eigenvalue weighted by atomic mass is 79.9. The van der Waals surface area contributed by atoms with Crippen LogP contribution in [-0.2, 0) is 4.79 Å². The van der Waals surface area contributed by atoms with Gasteiger partial charge in [0.25, 0.3) is 5.91 Å². The third kappa shape index (κ3) is 4.95. The number of halogens is 1. The minimum absolute atomic E-state index is 0.0190. The molecule has 0 spiro atoms. The molecular formula is C11H14BrN3O2. The summed E-state index contributed by atoms with van der Waals surface area (Å²) in [5, 5.41) is 5.19. The van der Waals surface area contributed by atoms with Gasteiger partial charge < -0.3 is 10.6 Å². The number of aromatic nitrogens is 1. The second kappa shape index (κ2) is 7.01. The lowest BCUT2D eigenvalue weighted by atomic mass is 10.3. The molecule has 0 saturated carbocycles. The molecule has 0 aliphatic heterocycles. The third-order valence-electron chi connectivity index (χ3n) is 1.97. The van der Waals surface area contributed by atoms with Crippen LogP contribution in [0.25, 0.3) is 0 Å². The molecule has 0 aliphatic carbocycles. The van der Waals surface area contributed by atoms with Crippen molar-refractivity contribution in [3.63, 3.8) is 0 Å². The molecule has 1 heterocycles. The largest absolute Gasteiger partial charge is 0.355 e. The van der Waals surface area contributed by atoms with Gasteiger partial charge in [0.05, 0.1) is 12.1 Å². The predicted molar refractivity (Wildman–Crippen MR) is 67.6 cm³/mol. The lowest BCUT2D eigenvalue weighted by Crippen LogP contribution is -2.37. The first-order valence-electron chi connectivity index (χ1n) is 5.30. The Labute approximate surface area is 108 Å². The van der Waals surface area contributed by atoms with Crippen LogP contribution in [0.4, 0.5) is 0 Å². The predicted octanol–water partition coefficient (Wildman–Crippen LogP) is 1.10. The van der Waals surface area contributed by atoms with E-state index in [0.29, 0.717) is 16.7 Å². The van der Waals surface area contributed by atoms with Crippen molar-refractivity contribution < 1.29 is 9.59 Å². The smallest absolute Gasteiger partial charge is 0.253 e. The molecule has 2 amide bonds. The number of hydrogen-bond donors (Lipinski definition) is 2. The van der Waals surface area contributed by atoms with Crippen LogP contribution < -0.4 is 10.6 Å². The second-order valence-corrected chi connectivity index (χ2v) is 4.21. The number of carbonyl (C=O) groups is 2. The number of amides is 2. The molecule has 1 rings (SSSR count). The Kier molecular flexibility index (Phi) is 5.62. The maximum atomic E-state index is 11.6. The summed E-state index contributed by atoms with van der Waals surface area (Å²) in [7, 11) is 0. The van der Waals surface area contributed by atoms with Gasteiger partial charge in [-0.15, -0.1) is 0 Å². The molecule has 1 aromatic rings. The number of pyridine rings is 1. The van der Waals surface area contributed by atoms with E-state index in [-0.39, 0.29) is 18.4 Å². The Morgan fingerprint density at radius 3 is 2.71 bits per heavy atom. The molecule has 0 atom stereocenters. The van der Waals surface area contributed by atoms with Crippen LogP contribution in [0.15, 0.2) is 22.9 Å². The van der Waals surface area contributed by atoms with E-state index < -0.39 is 0 Å². The summed E-state index contributed by atoms with van der Waals surface area (Å²) >= 11 is 3.18. The molecule has 0 aliphatic rings. The minimum Gasteiger partial charge on any atom is -0.355 e. The van der Waals surface area contributed by atoms with Crippen molar-refractivity contribution in [1.82, 2.24) is 15.6 Å². The number of hydrogen-bond acceptors (Lipinski definition) is 3. The van der Waals surface area contributed by atoms with Gasteiger partial charge in [-0.1, -0.05) is 6.92 Å². The fraction of sp³-hybridized carbons (Fsp3) is 0.364. The van der Waals surface area contributed by atoms with E-state index in [1.165, 1.54) is 6.20 Å². The molecular weight excluding hydrogens is 286 g/mol. The monoisotopic (exact) mass is 299 g/mol. The number of nitrogens with zero attached hydrogens (tertiary/aromatic N) is 1. The molecule has 0 aromatic carbocycles. The maximum absolute atomic E-state index is 11.6. The number of carbonyl (C=O) groups excluding carboxylic acids is 2. The van der Waals surface area contributed by atoms with Gasteiger partial charge in [-0.05, 0) is 34.5 Å². The quantitative estimate of drug-likeness (QED) is 0.800. The van der Waals surface area contributed by atoms with Crippen molar-refractivity contribution in [3.05, 3.63) is 28.5 Å². The zero-order chi connectivity index (χ0) is 12.7. The van der Waals surface area contributed by atoms with Crippen LogP contribution in [0.2, 0.25) is 0 Å². The van der Waals surface area contributed by atoms with Crippen LogP contribution in [0.3, 0.4) is 0 Å². The third-order valence-corrected chi connectivity index (χ3v) is 2.44. The van der Waals surface area contributed by atoms with Gasteiger partial charge in [-0.25, -0.2) is 4.98 Å². The van der Waals surface area contributed by atoms with Crippen LogP contribution in [0.1, 0.15) is 23.7 Å². The Balaban J connectivity index is 2.39. The molecule has 0 fully saturated rings. The van der Waals surface area contributed by atoms with Crippen molar-refractivity contribution in [2.45, 2.75) is 13.3 Å². The summed E-state index contributed by atoms with van der Waals surface area (Å²) in [5.41, 5.74) is 0.427. The Morgan fingerprint density at radius 1 is 1.35 bits per heavy atom. The molecule has 0 radical (unpaired) electrons. The van der Waals surface area contributed by atoms with Gasteiger partial charge in [0.2, 0.25) is 5.91 Å². The number of rotatable bonds is 5. The molecule has 1 aromatic heterocycles. The molecule has 0 unspecified atom stereocenters. The fourth-order valence-corrected chi connectivity index (χ4v) is 1.33. The van der Waals surface area contributed by atoms with Crippen molar-refractivity contribution in [2.24, 2.45) is 0 Å². The van der Waals surface area contributed by atoms with Crippen LogP contribution in [0.5, 0.6) is 0 Å². The minimum atomic E-state index is -0.309. The second-order valence-electron chi connectivity index (χ2n) is 3.40. The van der Waals surface area contributed by atoms with Gasteiger partial charge in [-0.2, -0.15) is 0 Å². The van der Waals surface area contributed by atoms with E-state index in [2.05, 4.69) is 31.5 Å². The molecule has 6 heteroatoms. The zero-order valence-electron chi connectivity index (χ0n) is 9.50. The van der Waals surface area contributed by atoms with E-state index >= 15 is 0 Å². The van der Waals surface area contributed by atoms with E-state index in [1.54, 1.807) is 12.1 Å².